The van der Waals surface area contributed by atoms with Crippen molar-refractivity contribution < 1.29 is 9.21 Å². The average Bonchev–Trinajstić information content (AvgIpc) is 3.20. The van der Waals surface area contributed by atoms with Crippen LogP contribution in [0.3, 0.4) is 0 Å². The molecule has 5 rings (SSSR count). The van der Waals surface area contributed by atoms with Crippen LogP contribution in [0.5, 0.6) is 0 Å². The van der Waals surface area contributed by atoms with E-state index in [-0.39, 0.29) is 11.0 Å². The van der Waals surface area contributed by atoms with Crippen molar-refractivity contribution in [2.45, 2.75) is 20.4 Å². The van der Waals surface area contributed by atoms with Crippen molar-refractivity contribution in [1.29, 1.82) is 0 Å². The smallest absolute Gasteiger partial charge is 0.267 e. The van der Waals surface area contributed by atoms with Gasteiger partial charge in [0.2, 0.25) is 5.43 Å². The number of thiazole rings is 1. The minimum Gasteiger partial charge on any atom is -0.463 e. The number of aryl methyl sites for hydroxylation is 2. The lowest BCUT2D eigenvalue weighted by Gasteiger charge is -2.19. The number of benzene rings is 3. The molecular weight excluding hydrogens is 420 g/mol. The minimum absolute atomic E-state index is 0.00810. The first-order chi connectivity index (χ1) is 15.5. The SMILES string of the molecule is Cc1cc2nc(N(Cc3ccccc3)C(=O)c3coc4ccccc4c3=O)sc2cc1C. The summed E-state index contributed by atoms with van der Waals surface area (Å²) in [5.74, 6) is -0.430. The van der Waals surface area contributed by atoms with Gasteiger partial charge < -0.3 is 4.42 Å². The van der Waals surface area contributed by atoms with Gasteiger partial charge in [-0.3, -0.25) is 14.5 Å². The second kappa shape index (κ2) is 8.05. The highest BCUT2D eigenvalue weighted by atomic mass is 32.1. The summed E-state index contributed by atoms with van der Waals surface area (Å²) in [6.45, 7) is 4.39. The summed E-state index contributed by atoms with van der Waals surface area (Å²) in [6.07, 6.45) is 1.26. The van der Waals surface area contributed by atoms with Gasteiger partial charge in [0.05, 0.1) is 22.1 Å². The molecule has 0 aliphatic rings. The minimum atomic E-state index is -0.430. The molecule has 2 aromatic heterocycles. The van der Waals surface area contributed by atoms with Crippen molar-refractivity contribution in [2.75, 3.05) is 4.90 Å². The predicted octanol–water partition coefficient (Wildman–Crippen LogP) is 5.87. The number of rotatable bonds is 4. The summed E-state index contributed by atoms with van der Waals surface area (Å²) < 4.78 is 6.61. The Morgan fingerprint density at radius 1 is 1.00 bits per heavy atom. The molecule has 32 heavy (non-hydrogen) atoms. The highest BCUT2D eigenvalue weighted by molar-refractivity contribution is 7.22. The van der Waals surface area contributed by atoms with Crippen LogP contribution in [0.1, 0.15) is 27.0 Å². The third-order valence-electron chi connectivity index (χ3n) is 5.56. The fourth-order valence-electron chi connectivity index (χ4n) is 3.65. The molecule has 5 nitrogen and oxygen atoms in total. The molecule has 6 heteroatoms. The molecule has 0 aliphatic carbocycles. The van der Waals surface area contributed by atoms with Gasteiger partial charge in [0, 0.05) is 0 Å². The maximum Gasteiger partial charge on any atom is 0.267 e. The van der Waals surface area contributed by atoms with Crippen molar-refractivity contribution in [2.24, 2.45) is 0 Å². The number of aromatic nitrogens is 1. The van der Waals surface area contributed by atoms with Gasteiger partial charge >= 0.3 is 0 Å². The Morgan fingerprint density at radius 2 is 1.72 bits per heavy atom. The van der Waals surface area contributed by atoms with E-state index < -0.39 is 5.91 Å². The summed E-state index contributed by atoms with van der Waals surface area (Å²) >= 11 is 1.44. The Morgan fingerprint density at radius 3 is 2.53 bits per heavy atom. The molecule has 2 heterocycles. The van der Waals surface area contributed by atoms with Gasteiger partial charge in [0.1, 0.15) is 17.4 Å². The summed E-state index contributed by atoms with van der Waals surface area (Å²) in [4.78, 5) is 33.1. The summed E-state index contributed by atoms with van der Waals surface area (Å²) in [6, 6.07) is 20.7. The molecule has 0 unspecified atom stereocenters. The van der Waals surface area contributed by atoms with Crippen molar-refractivity contribution >= 4 is 43.6 Å². The molecule has 5 aromatic rings. The molecule has 0 radical (unpaired) electrons. The quantitative estimate of drug-likeness (QED) is 0.351. The number of anilines is 1. The zero-order valence-electron chi connectivity index (χ0n) is 17.7. The van der Waals surface area contributed by atoms with Crippen LogP contribution in [0.15, 0.2) is 82.2 Å². The van der Waals surface area contributed by atoms with E-state index in [4.69, 9.17) is 9.40 Å². The molecule has 158 valence electrons. The van der Waals surface area contributed by atoms with Crippen LogP contribution in [-0.2, 0) is 6.54 Å². The van der Waals surface area contributed by atoms with E-state index >= 15 is 0 Å². The van der Waals surface area contributed by atoms with E-state index in [0.717, 1.165) is 21.3 Å². The molecular formula is C26H20N2O3S. The third kappa shape index (κ3) is 3.59. The summed E-state index contributed by atoms with van der Waals surface area (Å²) in [5, 5.41) is 0.931. The number of para-hydroxylation sites is 1. The van der Waals surface area contributed by atoms with E-state index in [1.54, 1.807) is 29.2 Å². The number of carbonyl (C=O) groups excluding carboxylic acids is 1. The Bertz CT molecular complexity index is 1480. The van der Waals surface area contributed by atoms with Gasteiger partial charge in [-0.25, -0.2) is 4.98 Å². The van der Waals surface area contributed by atoms with Crippen LogP contribution in [0.2, 0.25) is 0 Å². The second-order valence-electron chi connectivity index (χ2n) is 7.75. The maximum absolute atomic E-state index is 13.7. The zero-order valence-corrected chi connectivity index (χ0v) is 18.5. The topological polar surface area (TPSA) is 63.4 Å². The first kappa shape index (κ1) is 20.2. The van der Waals surface area contributed by atoms with Crippen LogP contribution in [-0.4, -0.2) is 10.9 Å². The predicted molar refractivity (Wildman–Crippen MR) is 129 cm³/mol. The van der Waals surface area contributed by atoms with Gasteiger partial charge in [-0.05, 0) is 54.8 Å². The van der Waals surface area contributed by atoms with Gasteiger partial charge in [-0.1, -0.05) is 53.8 Å². The number of carbonyl (C=O) groups is 1. The zero-order chi connectivity index (χ0) is 22.2. The molecule has 0 saturated heterocycles. The highest BCUT2D eigenvalue weighted by Gasteiger charge is 2.25. The van der Waals surface area contributed by atoms with Gasteiger partial charge in [0.25, 0.3) is 5.91 Å². The van der Waals surface area contributed by atoms with E-state index in [1.165, 1.54) is 23.2 Å². The fraction of sp³-hybridized carbons (Fsp3) is 0.115. The van der Waals surface area contributed by atoms with Crippen molar-refractivity contribution in [3.63, 3.8) is 0 Å². The van der Waals surface area contributed by atoms with Crippen LogP contribution in [0.4, 0.5) is 5.13 Å². The largest absolute Gasteiger partial charge is 0.463 e. The monoisotopic (exact) mass is 440 g/mol. The van der Waals surface area contributed by atoms with Crippen molar-refractivity contribution in [3.05, 3.63) is 105 Å². The van der Waals surface area contributed by atoms with E-state index in [0.29, 0.717) is 22.6 Å². The molecule has 0 N–H and O–H groups in total. The standard InChI is InChI=1S/C26H20N2O3S/c1-16-12-21-23(13-17(16)2)32-26(27-21)28(14-18-8-4-3-5-9-18)25(30)20-15-31-22-11-7-6-10-19(22)24(20)29/h3-13,15H,14H2,1-2H3. The lowest BCUT2D eigenvalue weighted by atomic mass is 10.1. The van der Waals surface area contributed by atoms with Gasteiger partial charge in [-0.2, -0.15) is 0 Å². The van der Waals surface area contributed by atoms with Crippen molar-refractivity contribution in [1.82, 2.24) is 4.98 Å². The number of hydrogen-bond donors (Lipinski definition) is 0. The molecule has 0 atom stereocenters. The lowest BCUT2D eigenvalue weighted by Crippen LogP contribution is -2.33. The van der Waals surface area contributed by atoms with Crippen LogP contribution in [0.25, 0.3) is 21.2 Å². The molecule has 0 aliphatic heterocycles. The molecule has 3 aromatic carbocycles. The fourth-order valence-corrected chi connectivity index (χ4v) is 4.69. The number of fused-ring (bicyclic) bond motifs is 2. The van der Waals surface area contributed by atoms with Crippen LogP contribution >= 0.6 is 11.3 Å². The maximum atomic E-state index is 13.7. The molecule has 1 amide bonds. The Labute approximate surface area is 188 Å². The van der Waals surface area contributed by atoms with Crippen LogP contribution in [0, 0.1) is 13.8 Å². The van der Waals surface area contributed by atoms with E-state index in [1.807, 2.05) is 43.3 Å². The third-order valence-corrected chi connectivity index (χ3v) is 6.60. The van der Waals surface area contributed by atoms with Crippen LogP contribution < -0.4 is 10.3 Å². The first-order valence-electron chi connectivity index (χ1n) is 10.3. The van der Waals surface area contributed by atoms with Crippen molar-refractivity contribution in [3.8, 4) is 0 Å². The average molecular weight is 441 g/mol. The van der Waals surface area contributed by atoms with E-state index in [9.17, 15) is 9.59 Å². The van der Waals surface area contributed by atoms with Gasteiger partial charge in [0.15, 0.2) is 5.13 Å². The summed E-state index contributed by atoms with van der Waals surface area (Å²) in [5.41, 5.74) is 4.19. The number of amides is 1. The normalized spacial score (nSPS) is 11.2. The first-order valence-corrected chi connectivity index (χ1v) is 11.1. The molecule has 0 spiro atoms. The number of hydrogen-bond acceptors (Lipinski definition) is 5. The Kier molecular flexibility index (Phi) is 5.07. The summed E-state index contributed by atoms with van der Waals surface area (Å²) in [7, 11) is 0. The lowest BCUT2D eigenvalue weighted by molar-refractivity contribution is 0.0982. The Hall–Kier alpha value is -3.77. The van der Waals surface area contributed by atoms with E-state index in [2.05, 4.69) is 13.0 Å². The second-order valence-corrected chi connectivity index (χ2v) is 8.76. The highest BCUT2D eigenvalue weighted by Crippen LogP contribution is 2.32. The van der Waals surface area contributed by atoms with Gasteiger partial charge in [-0.15, -0.1) is 0 Å². The molecule has 0 saturated carbocycles. The molecule has 0 bridgehead atoms. The Balaban J connectivity index is 1.64. The number of nitrogens with zero attached hydrogens (tertiary/aromatic N) is 2. The molecule has 0 fully saturated rings.